The third-order valence-corrected chi connectivity index (χ3v) is 0.223. The number of hydrogen-bond donors (Lipinski definition) is 1. The Hall–Kier alpha value is -1.27. The van der Waals surface area contributed by atoms with E-state index >= 15 is 0 Å². The summed E-state index contributed by atoms with van der Waals surface area (Å²) in [4.78, 5) is 32.9. The Bertz CT molecular complexity index is 112. The maximum absolute atomic E-state index is 9.56. The molecule has 6 nitrogen and oxygen atoms in total. The zero-order chi connectivity index (χ0) is 9.86. The van der Waals surface area contributed by atoms with Crippen LogP contribution in [0.15, 0.2) is 0 Å². The van der Waals surface area contributed by atoms with Gasteiger partial charge in [-0.3, -0.25) is 4.79 Å². The lowest BCUT2D eigenvalue weighted by atomic mass is 10.5. The van der Waals surface area contributed by atoms with Gasteiger partial charge in [0.05, 0.1) is 0 Å². The fraction of sp³-hybridized carbons (Fsp3) is 0.500. The van der Waals surface area contributed by atoms with Crippen LogP contribution in [0.25, 0.3) is 0 Å². The Balaban J connectivity index is -0.0000000246. The number of rotatable bonds is 1. The quantitative estimate of drug-likeness (QED) is 0.539. The van der Waals surface area contributed by atoms with Crippen molar-refractivity contribution in [3.8, 4) is 0 Å². The summed E-state index contributed by atoms with van der Waals surface area (Å²) in [5, 5.41) is 7.79. The molecule has 0 atom stereocenters. The van der Waals surface area contributed by atoms with Gasteiger partial charge in [-0.25, -0.2) is 4.79 Å². The molecule has 0 spiro atoms. The van der Waals surface area contributed by atoms with Crippen molar-refractivity contribution in [3.05, 3.63) is 16.9 Å². The van der Waals surface area contributed by atoms with Crippen LogP contribution in [0.4, 0.5) is 0 Å². The molecule has 0 rings (SSSR count). The molecule has 0 saturated carbocycles. The minimum Gasteiger partial charge on any atom is -0.412 e. The average Bonchev–Trinajstić information content (AvgIpc) is 1.91. The van der Waals surface area contributed by atoms with E-state index in [0.29, 0.717) is 0 Å². The molecule has 6 heteroatoms. The molecule has 0 fully saturated rings. The molecule has 3 N–H and O–H groups in total. The predicted octanol–water partition coefficient (Wildman–Crippen LogP) is -0.668. The maximum atomic E-state index is 9.56. The van der Waals surface area contributed by atoms with Gasteiger partial charge in [0.2, 0.25) is 0 Å². The highest BCUT2D eigenvalue weighted by molar-refractivity contribution is 5.79. The van der Waals surface area contributed by atoms with Crippen LogP contribution in [-0.2, 0) is 9.59 Å². The topological polar surface area (TPSA) is 120 Å². The molecule has 0 bridgehead atoms. The van der Waals surface area contributed by atoms with E-state index < -0.39 is 0 Å². The second kappa shape index (κ2) is 22.6. The van der Waals surface area contributed by atoms with Crippen molar-refractivity contribution in [2.45, 2.75) is 13.8 Å². The van der Waals surface area contributed by atoms with E-state index in [4.69, 9.17) is 15.0 Å². The van der Waals surface area contributed by atoms with Gasteiger partial charge >= 0.3 is 1.43 Å². The van der Waals surface area contributed by atoms with Crippen molar-refractivity contribution in [2.75, 3.05) is 6.61 Å². The standard InChI is InChI=1S/C3H6O2.C3H5O.O2.H2O/c1-3(5)2-4;1-3(2)4;1-2;/h4H,2H2,1H3;1H2,2H3;;1H2/q;+1;;/p+1. The first-order chi connectivity index (χ1) is 5.00. The number of aliphatic hydroxyl groups is 1. The minimum atomic E-state index is -0.333. The molecule has 0 aliphatic rings. The van der Waals surface area contributed by atoms with Crippen LogP contribution >= 0.6 is 0 Å². The second-order valence-corrected chi connectivity index (χ2v) is 1.56. The molecule has 0 heterocycles. The van der Waals surface area contributed by atoms with Crippen molar-refractivity contribution >= 4 is 11.6 Å². The number of carbonyl (C=O) groups is 2. The van der Waals surface area contributed by atoms with E-state index in [0.717, 1.165) is 0 Å². The minimum absolute atomic E-state index is 0. The van der Waals surface area contributed by atoms with Crippen LogP contribution in [0.5, 0.6) is 0 Å². The van der Waals surface area contributed by atoms with Gasteiger partial charge in [0.15, 0.2) is 5.78 Å². The molecule has 0 radical (unpaired) electrons. The van der Waals surface area contributed by atoms with Gasteiger partial charge in [0.1, 0.15) is 13.5 Å². The Kier molecular flexibility index (Phi) is 42.2. The summed E-state index contributed by atoms with van der Waals surface area (Å²) in [6.45, 7) is 5.42. The van der Waals surface area contributed by atoms with E-state index in [1.165, 1.54) is 13.8 Å². The third-order valence-electron chi connectivity index (χ3n) is 0.223. The van der Waals surface area contributed by atoms with Gasteiger partial charge in [-0.1, -0.05) is 0 Å². The predicted molar refractivity (Wildman–Crippen MR) is 45.3 cm³/mol. The summed E-state index contributed by atoms with van der Waals surface area (Å²) >= 11 is 0. The Morgan fingerprint density at radius 3 is 1.42 bits per heavy atom. The molecule has 72 valence electrons. The van der Waals surface area contributed by atoms with Gasteiger partial charge < -0.3 is 10.6 Å². The molecule has 0 aromatic carbocycles. The average molecular weight is 182 g/mol. The van der Waals surface area contributed by atoms with Crippen LogP contribution in [0.2, 0.25) is 0 Å². The molecule has 0 aromatic heterocycles. The lowest BCUT2D eigenvalue weighted by Gasteiger charge is -1.72. The number of hydrogen-bond acceptors (Lipinski definition) is 5. The molecule has 0 saturated heterocycles. The molecule has 0 unspecified atom stereocenters. The third kappa shape index (κ3) is 979. The molecule has 0 aromatic rings. The highest BCUT2D eigenvalue weighted by atomic mass is 16.7. The summed E-state index contributed by atoms with van der Waals surface area (Å²) in [6, 6.07) is 0. The number of ketones is 2. The van der Waals surface area contributed by atoms with Crippen LogP contribution in [0.3, 0.4) is 0 Å². The summed E-state index contributed by atoms with van der Waals surface area (Å²) < 4.78 is 0. The zero-order valence-electron chi connectivity index (χ0n) is 7.99. The largest absolute Gasteiger partial charge is 1.00 e. The van der Waals surface area contributed by atoms with Crippen LogP contribution < -0.4 is 0 Å². The number of carbonyl (C=O) groups excluding carboxylic acids is 2. The Morgan fingerprint density at radius 2 is 1.42 bits per heavy atom. The Morgan fingerprint density at radius 1 is 1.33 bits per heavy atom. The molecule has 0 aliphatic heterocycles. The van der Waals surface area contributed by atoms with E-state index in [-0.39, 0.29) is 25.1 Å². The Labute approximate surface area is 71.6 Å². The van der Waals surface area contributed by atoms with E-state index in [1.807, 2.05) is 0 Å². The van der Waals surface area contributed by atoms with E-state index in [9.17, 15) is 9.59 Å². The monoisotopic (exact) mass is 182 g/mol. The van der Waals surface area contributed by atoms with Gasteiger partial charge in [0, 0.05) is 16.9 Å². The van der Waals surface area contributed by atoms with Gasteiger partial charge in [0.25, 0.3) is 5.78 Å². The first-order valence-electron chi connectivity index (χ1n) is 2.60. The van der Waals surface area contributed by atoms with Crippen LogP contribution in [0.1, 0.15) is 15.3 Å². The highest BCUT2D eigenvalue weighted by Gasteiger charge is 1.78. The first-order valence-corrected chi connectivity index (χ1v) is 2.60. The molecule has 0 amide bonds. The van der Waals surface area contributed by atoms with Crippen LogP contribution in [-0.4, -0.2) is 28.8 Å². The smallest absolute Gasteiger partial charge is 0.412 e. The van der Waals surface area contributed by atoms with Gasteiger partial charge in [-0.05, 0) is 6.92 Å². The summed E-state index contributed by atoms with van der Waals surface area (Å²) in [6.07, 6.45) is 0. The summed E-state index contributed by atoms with van der Waals surface area (Å²) in [7, 11) is 0. The van der Waals surface area contributed by atoms with Crippen molar-refractivity contribution in [1.82, 2.24) is 0 Å². The van der Waals surface area contributed by atoms with E-state index in [1.54, 1.807) is 0 Å². The van der Waals surface area contributed by atoms with Crippen LogP contribution in [0, 0.1) is 16.9 Å². The fourth-order valence-corrected chi connectivity index (χ4v) is 0. The first kappa shape index (κ1) is 22.4. The maximum Gasteiger partial charge on any atom is 1.00 e. The fourth-order valence-electron chi connectivity index (χ4n) is 0. The summed E-state index contributed by atoms with van der Waals surface area (Å²) in [5.74, 6) is -0.273. The number of Topliss-reactive ketones (excluding diaryl/α,β-unsaturated/α-hetero) is 2. The molecular formula is C6H14O6+2. The van der Waals surface area contributed by atoms with Gasteiger partial charge in [-0.15, -0.1) is 0 Å². The van der Waals surface area contributed by atoms with Crippen molar-refractivity contribution in [3.63, 3.8) is 0 Å². The highest BCUT2D eigenvalue weighted by Crippen LogP contribution is 1.55. The lowest BCUT2D eigenvalue weighted by Crippen LogP contribution is -1.93. The normalized spacial score (nSPS) is 5.58. The number of aliphatic hydroxyl groups excluding tert-OH is 1. The summed E-state index contributed by atoms with van der Waals surface area (Å²) in [5.41, 5.74) is 0. The second-order valence-electron chi connectivity index (χ2n) is 1.56. The molecular weight excluding hydrogens is 168 g/mol. The molecule has 12 heavy (non-hydrogen) atoms. The van der Waals surface area contributed by atoms with Crippen molar-refractivity contribution in [1.29, 1.82) is 0 Å². The van der Waals surface area contributed by atoms with Crippen molar-refractivity contribution in [2.24, 2.45) is 0 Å². The van der Waals surface area contributed by atoms with Gasteiger partial charge in [-0.2, -0.15) is 0 Å². The van der Waals surface area contributed by atoms with E-state index in [2.05, 4.69) is 6.92 Å². The lowest BCUT2D eigenvalue weighted by molar-refractivity contribution is -0.119. The SMILES string of the molecule is CC(=O)CO.O.O=O.[CH2+]C(C)=O.[H+]. The zero-order valence-corrected chi connectivity index (χ0v) is 6.99. The van der Waals surface area contributed by atoms with Crippen molar-refractivity contribution < 1.29 is 21.6 Å². The molecule has 0 aliphatic carbocycles.